The van der Waals surface area contributed by atoms with E-state index in [9.17, 15) is 0 Å². The van der Waals surface area contributed by atoms with Crippen LogP contribution >= 0.6 is 0 Å². The minimum absolute atomic E-state index is 0.138. The third kappa shape index (κ3) is 6.16. The minimum Gasteiger partial charge on any atom is -0.381 e. The van der Waals surface area contributed by atoms with Gasteiger partial charge in [-0.1, -0.05) is 44.2 Å². The van der Waals surface area contributed by atoms with E-state index in [4.69, 9.17) is 9.73 Å². The first-order valence-electron chi connectivity index (χ1n) is 9.11. The Bertz CT molecular complexity index is 507. The number of nitrogens with zero attached hydrogens (tertiary/aromatic N) is 2. The highest BCUT2D eigenvalue weighted by Gasteiger charge is 2.21. The second kappa shape index (κ2) is 9.07. The molecule has 1 N–H and O–H groups in total. The number of nitrogens with one attached hydrogen (secondary N) is 1. The van der Waals surface area contributed by atoms with E-state index < -0.39 is 0 Å². The molecule has 1 heterocycles. The number of aliphatic imine (C=N–C) groups is 1. The molecule has 1 unspecified atom stereocenters. The van der Waals surface area contributed by atoms with Crippen molar-refractivity contribution in [1.29, 1.82) is 0 Å². The van der Waals surface area contributed by atoms with Crippen LogP contribution in [0.5, 0.6) is 0 Å². The number of benzene rings is 1. The van der Waals surface area contributed by atoms with Gasteiger partial charge in [-0.05, 0) is 30.7 Å². The first kappa shape index (κ1) is 18.8. The van der Waals surface area contributed by atoms with Gasteiger partial charge in [0.25, 0.3) is 0 Å². The predicted octanol–water partition coefficient (Wildman–Crippen LogP) is 3.19. The molecule has 0 radical (unpaired) electrons. The Balaban J connectivity index is 1.95. The Morgan fingerprint density at radius 3 is 2.71 bits per heavy atom. The van der Waals surface area contributed by atoms with E-state index >= 15 is 0 Å². The van der Waals surface area contributed by atoms with Gasteiger partial charge >= 0.3 is 0 Å². The number of rotatable bonds is 7. The summed E-state index contributed by atoms with van der Waals surface area (Å²) < 4.78 is 5.49. The summed E-state index contributed by atoms with van der Waals surface area (Å²) in [6.45, 7) is 11.2. The van der Waals surface area contributed by atoms with Crippen LogP contribution in [0.25, 0.3) is 0 Å². The highest BCUT2D eigenvalue weighted by atomic mass is 16.5. The van der Waals surface area contributed by atoms with Gasteiger partial charge in [0.1, 0.15) is 0 Å². The van der Waals surface area contributed by atoms with Crippen LogP contribution in [0.1, 0.15) is 32.8 Å². The molecular formula is C20H33N3O. The molecule has 0 saturated carbocycles. The van der Waals surface area contributed by atoms with Gasteiger partial charge in [-0.25, -0.2) is 0 Å². The van der Waals surface area contributed by atoms with Crippen LogP contribution in [0.3, 0.4) is 0 Å². The van der Waals surface area contributed by atoms with E-state index in [0.717, 1.165) is 51.6 Å². The van der Waals surface area contributed by atoms with Crippen LogP contribution in [0, 0.1) is 11.3 Å². The van der Waals surface area contributed by atoms with E-state index in [1.807, 2.05) is 0 Å². The molecule has 134 valence electrons. The molecule has 1 aromatic rings. The summed E-state index contributed by atoms with van der Waals surface area (Å²) in [6.07, 6.45) is 2.19. The van der Waals surface area contributed by atoms with Gasteiger partial charge in [-0.2, -0.15) is 0 Å². The Labute approximate surface area is 147 Å². The molecule has 0 amide bonds. The van der Waals surface area contributed by atoms with Crippen molar-refractivity contribution < 1.29 is 4.74 Å². The van der Waals surface area contributed by atoms with Crippen molar-refractivity contribution in [1.82, 2.24) is 10.2 Å². The number of ether oxygens (including phenoxy) is 1. The molecule has 2 rings (SSSR count). The van der Waals surface area contributed by atoms with Gasteiger partial charge in [0.15, 0.2) is 5.96 Å². The number of hydrogen-bond acceptors (Lipinski definition) is 2. The molecule has 0 bridgehead atoms. The molecule has 1 aliphatic rings. The summed E-state index contributed by atoms with van der Waals surface area (Å²) >= 11 is 0. The Morgan fingerprint density at radius 1 is 1.33 bits per heavy atom. The third-order valence-corrected chi connectivity index (χ3v) is 4.43. The fourth-order valence-corrected chi connectivity index (χ4v) is 3.16. The fraction of sp³-hybridized carbons (Fsp3) is 0.650. The predicted molar refractivity (Wildman–Crippen MR) is 101 cm³/mol. The van der Waals surface area contributed by atoms with E-state index in [1.54, 1.807) is 0 Å². The smallest absolute Gasteiger partial charge is 0.193 e. The average molecular weight is 332 g/mol. The second-order valence-corrected chi connectivity index (χ2v) is 7.61. The van der Waals surface area contributed by atoms with Crippen molar-refractivity contribution in [2.24, 2.45) is 16.3 Å². The highest BCUT2D eigenvalue weighted by Crippen LogP contribution is 2.22. The molecule has 4 heteroatoms. The molecule has 1 atom stereocenters. The molecule has 1 fully saturated rings. The standard InChI is InChI=1S/C20H33N3O/c1-5-21-19(23(4)14-18-11-12-24-15-18)22-16-20(2,3)13-17-9-7-6-8-10-17/h6-10,18H,5,11-16H2,1-4H3,(H,21,22). The van der Waals surface area contributed by atoms with E-state index in [1.165, 1.54) is 5.56 Å². The maximum absolute atomic E-state index is 5.49. The zero-order valence-electron chi connectivity index (χ0n) is 15.7. The van der Waals surface area contributed by atoms with Crippen LogP contribution < -0.4 is 5.32 Å². The molecular weight excluding hydrogens is 298 g/mol. The van der Waals surface area contributed by atoms with Crippen molar-refractivity contribution >= 4 is 5.96 Å². The zero-order valence-corrected chi connectivity index (χ0v) is 15.7. The molecule has 1 aliphatic heterocycles. The van der Waals surface area contributed by atoms with Crippen molar-refractivity contribution in [2.45, 2.75) is 33.6 Å². The van der Waals surface area contributed by atoms with Crippen molar-refractivity contribution in [2.75, 3.05) is 39.9 Å². The molecule has 24 heavy (non-hydrogen) atoms. The van der Waals surface area contributed by atoms with Gasteiger partial charge in [-0.3, -0.25) is 4.99 Å². The zero-order chi connectivity index (χ0) is 17.4. The van der Waals surface area contributed by atoms with Crippen LogP contribution in [0.15, 0.2) is 35.3 Å². The normalized spacial score (nSPS) is 18.7. The summed E-state index contributed by atoms with van der Waals surface area (Å²) in [5.41, 5.74) is 1.51. The maximum atomic E-state index is 5.49. The topological polar surface area (TPSA) is 36.9 Å². The van der Waals surface area contributed by atoms with Crippen LogP contribution in [0.2, 0.25) is 0 Å². The van der Waals surface area contributed by atoms with Gasteiger partial charge < -0.3 is 15.0 Å². The van der Waals surface area contributed by atoms with E-state index in [0.29, 0.717) is 5.92 Å². The largest absolute Gasteiger partial charge is 0.381 e. The SMILES string of the molecule is CCNC(=NCC(C)(C)Cc1ccccc1)N(C)CC1CCOC1. The minimum atomic E-state index is 0.138. The van der Waals surface area contributed by atoms with Gasteiger partial charge in [-0.15, -0.1) is 0 Å². The molecule has 0 aromatic heterocycles. The quantitative estimate of drug-likeness (QED) is 0.616. The monoisotopic (exact) mass is 331 g/mol. The van der Waals surface area contributed by atoms with Gasteiger partial charge in [0, 0.05) is 39.2 Å². The second-order valence-electron chi connectivity index (χ2n) is 7.61. The van der Waals surface area contributed by atoms with Crippen molar-refractivity contribution in [3.63, 3.8) is 0 Å². The van der Waals surface area contributed by atoms with Crippen molar-refractivity contribution in [3.8, 4) is 0 Å². The summed E-state index contributed by atoms with van der Waals surface area (Å²) in [5.74, 6) is 1.63. The molecule has 0 spiro atoms. The molecule has 0 aliphatic carbocycles. The number of hydrogen-bond donors (Lipinski definition) is 1. The summed E-state index contributed by atoms with van der Waals surface area (Å²) in [5, 5.41) is 3.43. The molecule has 1 aromatic carbocycles. The Hall–Kier alpha value is -1.55. The third-order valence-electron chi connectivity index (χ3n) is 4.43. The van der Waals surface area contributed by atoms with Gasteiger partial charge in [0.05, 0.1) is 6.61 Å². The lowest BCUT2D eigenvalue weighted by Gasteiger charge is -2.27. The Kier molecular flexibility index (Phi) is 7.10. The lowest BCUT2D eigenvalue weighted by Crippen LogP contribution is -2.42. The summed E-state index contributed by atoms with van der Waals surface area (Å²) in [7, 11) is 2.13. The molecule has 1 saturated heterocycles. The van der Waals surface area contributed by atoms with Crippen LogP contribution in [-0.4, -0.2) is 50.8 Å². The lowest BCUT2D eigenvalue weighted by atomic mass is 9.86. The maximum Gasteiger partial charge on any atom is 0.193 e. The van der Waals surface area contributed by atoms with Crippen LogP contribution in [0.4, 0.5) is 0 Å². The number of guanidine groups is 1. The van der Waals surface area contributed by atoms with Crippen LogP contribution in [-0.2, 0) is 11.2 Å². The first-order chi connectivity index (χ1) is 11.5. The average Bonchev–Trinajstić information content (AvgIpc) is 3.04. The lowest BCUT2D eigenvalue weighted by molar-refractivity contribution is 0.181. The van der Waals surface area contributed by atoms with E-state index in [2.05, 4.69) is 68.4 Å². The van der Waals surface area contributed by atoms with E-state index in [-0.39, 0.29) is 5.41 Å². The highest BCUT2D eigenvalue weighted by molar-refractivity contribution is 5.79. The summed E-state index contributed by atoms with van der Waals surface area (Å²) in [6, 6.07) is 10.7. The van der Waals surface area contributed by atoms with Gasteiger partial charge in [0.2, 0.25) is 0 Å². The summed E-state index contributed by atoms with van der Waals surface area (Å²) in [4.78, 5) is 7.17. The molecule has 4 nitrogen and oxygen atoms in total. The first-order valence-corrected chi connectivity index (χ1v) is 9.11. The van der Waals surface area contributed by atoms with Crippen molar-refractivity contribution in [3.05, 3.63) is 35.9 Å². The fourth-order valence-electron chi connectivity index (χ4n) is 3.16. The Morgan fingerprint density at radius 2 is 2.08 bits per heavy atom.